The van der Waals surface area contributed by atoms with Gasteiger partial charge in [-0.15, -0.1) is 0 Å². The minimum absolute atomic E-state index is 0.0294. The average molecular weight is 395 g/mol. The van der Waals surface area contributed by atoms with E-state index in [1.54, 1.807) is 23.1 Å². The summed E-state index contributed by atoms with van der Waals surface area (Å²) in [5.74, 6) is 0.377. The third-order valence-corrected chi connectivity index (χ3v) is 5.92. The van der Waals surface area contributed by atoms with E-state index in [4.69, 9.17) is 14.2 Å². The molecule has 0 N–H and O–H groups in total. The highest BCUT2D eigenvalue weighted by Gasteiger charge is 2.54. The lowest BCUT2D eigenvalue weighted by Gasteiger charge is -2.52. The van der Waals surface area contributed by atoms with E-state index in [2.05, 4.69) is 0 Å². The normalized spacial score (nSPS) is 25.1. The predicted molar refractivity (Wildman–Crippen MR) is 107 cm³/mol. The Morgan fingerprint density at radius 2 is 2.03 bits per heavy atom. The molecule has 3 atom stereocenters. The molecule has 0 saturated carbocycles. The minimum Gasteiger partial charge on any atom is -0.490 e. The van der Waals surface area contributed by atoms with Gasteiger partial charge in [-0.25, -0.2) is 4.79 Å². The van der Waals surface area contributed by atoms with Crippen LogP contribution in [0.25, 0.3) is 0 Å². The van der Waals surface area contributed by atoms with Crippen LogP contribution in [0.4, 0.5) is 0 Å². The third-order valence-electron chi connectivity index (χ3n) is 5.92. The number of likely N-dealkylation sites (N-methyl/N-ethyl adjacent to an activating group) is 1. The van der Waals surface area contributed by atoms with E-state index in [1.165, 1.54) is 7.11 Å². The lowest BCUT2D eigenvalue weighted by Crippen LogP contribution is -2.57. The lowest BCUT2D eigenvalue weighted by atomic mass is 9.71. The molecule has 6 heteroatoms. The Morgan fingerprint density at radius 3 is 2.76 bits per heavy atom. The third kappa shape index (κ3) is 3.03. The standard InChI is InChI=1S/C23H25NO5/c1-5-28-18-11-7-10-16-17-13-23(2,29-20(16)18)19(21(25)24(17)3)14-8-6-9-15(12-14)22(26)27-4/h6-12,17,19H,5,13H2,1-4H3/t17?,19?,23-/m1/s1. The van der Waals surface area contributed by atoms with Crippen molar-refractivity contribution < 1.29 is 23.8 Å². The molecule has 0 spiro atoms. The summed E-state index contributed by atoms with van der Waals surface area (Å²) < 4.78 is 17.1. The van der Waals surface area contributed by atoms with E-state index in [0.717, 1.165) is 11.1 Å². The Balaban J connectivity index is 1.82. The molecule has 4 rings (SSSR count). The monoisotopic (exact) mass is 395 g/mol. The Labute approximate surface area is 170 Å². The van der Waals surface area contributed by atoms with Crippen molar-refractivity contribution in [1.29, 1.82) is 0 Å². The molecule has 1 fully saturated rings. The summed E-state index contributed by atoms with van der Waals surface area (Å²) in [5, 5.41) is 0. The number of hydrogen-bond donors (Lipinski definition) is 0. The van der Waals surface area contributed by atoms with Gasteiger partial charge < -0.3 is 19.1 Å². The number of benzene rings is 2. The maximum Gasteiger partial charge on any atom is 0.337 e. The van der Waals surface area contributed by atoms with Crippen LogP contribution >= 0.6 is 0 Å². The molecule has 1 amide bonds. The first-order valence-electron chi connectivity index (χ1n) is 9.79. The molecule has 1 saturated heterocycles. The van der Waals surface area contributed by atoms with Crippen LogP contribution in [0.1, 0.15) is 53.7 Å². The van der Waals surface area contributed by atoms with E-state index in [0.29, 0.717) is 30.1 Å². The second-order valence-electron chi connectivity index (χ2n) is 7.74. The first kappa shape index (κ1) is 19.3. The number of amides is 1. The smallest absolute Gasteiger partial charge is 0.337 e. The summed E-state index contributed by atoms with van der Waals surface area (Å²) in [7, 11) is 3.17. The summed E-state index contributed by atoms with van der Waals surface area (Å²) in [6, 6.07) is 12.8. The summed E-state index contributed by atoms with van der Waals surface area (Å²) in [6.07, 6.45) is 0.658. The Kier molecular flexibility index (Phi) is 4.73. The maximum absolute atomic E-state index is 13.4. The molecule has 2 aliphatic heterocycles. The van der Waals surface area contributed by atoms with Crippen LogP contribution in [0.15, 0.2) is 42.5 Å². The van der Waals surface area contributed by atoms with Gasteiger partial charge in [0, 0.05) is 19.0 Å². The van der Waals surface area contributed by atoms with Crippen LogP contribution in [-0.2, 0) is 9.53 Å². The molecule has 2 aromatic rings. The van der Waals surface area contributed by atoms with Gasteiger partial charge in [0.05, 0.1) is 25.3 Å². The van der Waals surface area contributed by atoms with Gasteiger partial charge in [-0.1, -0.05) is 24.3 Å². The SMILES string of the molecule is CCOc1cccc2c1O[C@]1(C)CC2N(C)C(=O)C1c1cccc(C(=O)OC)c1. The van der Waals surface area contributed by atoms with Crippen LogP contribution in [0.5, 0.6) is 11.5 Å². The van der Waals surface area contributed by atoms with Crippen molar-refractivity contribution in [3.05, 3.63) is 59.2 Å². The Hall–Kier alpha value is -3.02. The minimum atomic E-state index is -0.761. The van der Waals surface area contributed by atoms with Gasteiger partial charge in [0.1, 0.15) is 11.5 Å². The highest BCUT2D eigenvalue weighted by atomic mass is 16.5. The summed E-state index contributed by atoms with van der Waals surface area (Å²) >= 11 is 0. The average Bonchev–Trinajstić information content (AvgIpc) is 2.72. The van der Waals surface area contributed by atoms with Crippen LogP contribution < -0.4 is 9.47 Å². The summed E-state index contributed by atoms with van der Waals surface area (Å²) in [5.41, 5.74) is 1.36. The van der Waals surface area contributed by atoms with E-state index >= 15 is 0 Å². The fraction of sp³-hybridized carbons (Fsp3) is 0.391. The molecular formula is C23H25NO5. The van der Waals surface area contributed by atoms with Gasteiger partial charge in [-0.05, 0) is 37.6 Å². The van der Waals surface area contributed by atoms with Crippen molar-refractivity contribution in [2.45, 2.75) is 37.8 Å². The number of carbonyl (C=O) groups is 2. The number of nitrogens with zero attached hydrogens (tertiary/aromatic N) is 1. The first-order valence-corrected chi connectivity index (χ1v) is 9.79. The topological polar surface area (TPSA) is 65.1 Å². The number of hydrogen-bond acceptors (Lipinski definition) is 5. The number of piperidine rings is 1. The lowest BCUT2D eigenvalue weighted by molar-refractivity contribution is -0.150. The molecule has 0 aromatic heterocycles. The van der Waals surface area contributed by atoms with Crippen LogP contribution in [0, 0.1) is 0 Å². The number of methoxy groups -OCH3 is 1. The largest absolute Gasteiger partial charge is 0.490 e. The number of carbonyl (C=O) groups excluding carboxylic acids is 2. The molecule has 2 bridgehead atoms. The number of esters is 1. The Bertz CT molecular complexity index is 971. The van der Waals surface area contributed by atoms with Gasteiger partial charge in [-0.2, -0.15) is 0 Å². The quantitative estimate of drug-likeness (QED) is 0.739. The van der Waals surface area contributed by atoms with Gasteiger partial charge in [-0.3, -0.25) is 4.79 Å². The van der Waals surface area contributed by atoms with Crippen molar-refractivity contribution in [3.8, 4) is 11.5 Å². The van der Waals surface area contributed by atoms with Crippen LogP contribution in [-0.4, -0.2) is 43.1 Å². The number of para-hydroxylation sites is 1. The van der Waals surface area contributed by atoms with Crippen LogP contribution in [0.3, 0.4) is 0 Å². The molecule has 2 unspecified atom stereocenters. The van der Waals surface area contributed by atoms with Gasteiger partial charge in [0.15, 0.2) is 11.5 Å². The van der Waals surface area contributed by atoms with E-state index < -0.39 is 17.5 Å². The van der Waals surface area contributed by atoms with Gasteiger partial charge in [0.25, 0.3) is 0 Å². The summed E-state index contributed by atoms with van der Waals surface area (Å²) in [6.45, 7) is 4.42. The molecule has 6 nitrogen and oxygen atoms in total. The number of likely N-dealkylation sites (tertiary alicyclic amines) is 1. The molecule has 0 aliphatic carbocycles. The van der Waals surface area contributed by atoms with E-state index in [9.17, 15) is 9.59 Å². The predicted octanol–water partition coefficient (Wildman–Crippen LogP) is 3.71. The molecule has 29 heavy (non-hydrogen) atoms. The van der Waals surface area contributed by atoms with Crippen molar-refractivity contribution in [2.24, 2.45) is 0 Å². The number of fused-ring (bicyclic) bond motifs is 4. The highest BCUT2D eigenvalue weighted by molar-refractivity contribution is 5.91. The molecule has 2 aromatic carbocycles. The maximum atomic E-state index is 13.4. The first-order chi connectivity index (χ1) is 13.9. The molecule has 2 aliphatic rings. The number of rotatable bonds is 4. The molecular weight excluding hydrogens is 370 g/mol. The van der Waals surface area contributed by atoms with Crippen LogP contribution in [0.2, 0.25) is 0 Å². The van der Waals surface area contributed by atoms with Crippen molar-refractivity contribution >= 4 is 11.9 Å². The highest BCUT2D eigenvalue weighted by Crippen LogP contribution is 2.54. The van der Waals surface area contributed by atoms with Crippen molar-refractivity contribution in [2.75, 3.05) is 20.8 Å². The second-order valence-corrected chi connectivity index (χ2v) is 7.74. The fourth-order valence-electron chi connectivity index (χ4n) is 4.54. The van der Waals surface area contributed by atoms with E-state index in [-0.39, 0.29) is 11.9 Å². The van der Waals surface area contributed by atoms with Gasteiger partial charge >= 0.3 is 5.97 Å². The van der Waals surface area contributed by atoms with Crippen molar-refractivity contribution in [3.63, 3.8) is 0 Å². The Morgan fingerprint density at radius 1 is 1.28 bits per heavy atom. The zero-order valence-corrected chi connectivity index (χ0v) is 17.1. The van der Waals surface area contributed by atoms with Crippen molar-refractivity contribution in [1.82, 2.24) is 4.90 Å². The fourth-order valence-corrected chi connectivity index (χ4v) is 4.54. The second kappa shape index (κ2) is 7.10. The molecule has 0 radical (unpaired) electrons. The van der Waals surface area contributed by atoms with Gasteiger partial charge in [0.2, 0.25) is 5.91 Å². The summed E-state index contributed by atoms with van der Waals surface area (Å²) in [4.78, 5) is 27.2. The number of ether oxygens (including phenoxy) is 3. The zero-order valence-electron chi connectivity index (χ0n) is 17.1. The van der Waals surface area contributed by atoms with E-state index in [1.807, 2.05) is 45.2 Å². The molecule has 152 valence electrons. The zero-order chi connectivity index (χ0) is 20.8. The molecule has 2 heterocycles.